The number of nitrogens with one attached hydrogen (secondary N) is 2. The van der Waals surface area contributed by atoms with Crippen molar-refractivity contribution in [3.63, 3.8) is 0 Å². The van der Waals surface area contributed by atoms with Crippen LogP contribution in [0.5, 0.6) is 17.2 Å². The highest BCUT2D eigenvalue weighted by molar-refractivity contribution is 9.10. The van der Waals surface area contributed by atoms with E-state index in [4.69, 9.17) is 14.2 Å². The fourth-order valence-corrected chi connectivity index (χ4v) is 4.11. The number of carbonyl (C=O) groups is 2. The topological polar surface area (TPSA) is 98.2 Å². The molecule has 0 bridgehead atoms. The zero-order valence-electron chi connectivity index (χ0n) is 22.1. The molecule has 0 aliphatic carbocycles. The van der Waals surface area contributed by atoms with E-state index in [9.17, 15) is 9.59 Å². The van der Waals surface area contributed by atoms with Gasteiger partial charge in [0, 0.05) is 5.56 Å². The van der Waals surface area contributed by atoms with Gasteiger partial charge in [0.1, 0.15) is 18.4 Å². The number of rotatable bonds is 11. The zero-order valence-corrected chi connectivity index (χ0v) is 23.7. The van der Waals surface area contributed by atoms with E-state index in [0.29, 0.717) is 39.5 Å². The van der Waals surface area contributed by atoms with Crippen LogP contribution in [0.15, 0.2) is 70.2 Å². The highest BCUT2D eigenvalue weighted by atomic mass is 79.9. The van der Waals surface area contributed by atoms with E-state index in [1.54, 1.807) is 44.6 Å². The van der Waals surface area contributed by atoms with Crippen LogP contribution in [0, 0.1) is 12.8 Å². The molecule has 2 N–H and O–H groups in total. The Morgan fingerprint density at radius 3 is 2.29 bits per heavy atom. The molecule has 3 aromatic rings. The van der Waals surface area contributed by atoms with E-state index in [1.807, 2.05) is 51.1 Å². The minimum atomic E-state index is -0.777. The normalized spacial score (nSPS) is 11.8. The molecule has 9 heteroatoms. The van der Waals surface area contributed by atoms with Gasteiger partial charge in [0.25, 0.3) is 11.8 Å². The number of carbonyl (C=O) groups excluding carboxylic acids is 2. The molecule has 3 aromatic carbocycles. The van der Waals surface area contributed by atoms with E-state index < -0.39 is 11.9 Å². The van der Waals surface area contributed by atoms with Crippen molar-refractivity contribution >= 4 is 34.0 Å². The van der Waals surface area contributed by atoms with Crippen molar-refractivity contribution in [2.45, 2.75) is 33.4 Å². The lowest BCUT2D eigenvalue weighted by Crippen LogP contribution is -2.48. The summed E-state index contributed by atoms with van der Waals surface area (Å²) < 4.78 is 17.3. The standard InChI is InChI=1S/C29H32BrN3O5/c1-18(2)26(32-28(34)22-10-12-23(36-4)13-11-22)29(35)33-31-16-21-14-24(30)27(25(15-21)37-5)38-17-20-8-6-19(3)7-9-20/h6-16,18,26H,17H2,1-5H3,(H,32,34)(H,33,35). The van der Waals surface area contributed by atoms with Crippen molar-refractivity contribution in [3.05, 3.63) is 87.4 Å². The molecular weight excluding hydrogens is 550 g/mol. The molecule has 0 radical (unpaired) electrons. The maximum atomic E-state index is 12.8. The lowest BCUT2D eigenvalue weighted by Gasteiger charge is -2.20. The summed E-state index contributed by atoms with van der Waals surface area (Å²) in [6.07, 6.45) is 1.50. The maximum absolute atomic E-state index is 12.8. The number of methoxy groups -OCH3 is 2. The molecule has 38 heavy (non-hydrogen) atoms. The van der Waals surface area contributed by atoms with Crippen LogP contribution in [0.3, 0.4) is 0 Å². The lowest BCUT2D eigenvalue weighted by atomic mass is 10.0. The number of amides is 2. The number of ether oxygens (including phenoxy) is 3. The minimum absolute atomic E-state index is 0.161. The summed E-state index contributed by atoms with van der Waals surface area (Å²) in [6, 6.07) is 17.6. The van der Waals surface area contributed by atoms with Gasteiger partial charge >= 0.3 is 0 Å². The third-order valence-electron chi connectivity index (χ3n) is 5.73. The second-order valence-electron chi connectivity index (χ2n) is 8.97. The summed E-state index contributed by atoms with van der Waals surface area (Å²) in [4.78, 5) is 25.5. The first kappa shape index (κ1) is 28.7. The third-order valence-corrected chi connectivity index (χ3v) is 6.32. The van der Waals surface area contributed by atoms with Crippen LogP contribution in [0.4, 0.5) is 0 Å². The van der Waals surface area contributed by atoms with Gasteiger partial charge in [-0.25, -0.2) is 5.43 Å². The highest BCUT2D eigenvalue weighted by Crippen LogP contribution is 2.36. The SMILES string of the molecule is COc1ccc(C(=O)NC(C(=O)NN=Cc2cc(Br)c(OCc3ccc(C)cc3)c(OC)c2)C(C)C)cc1. The molecule has 0 heterocycles. The predicted octanol–water partition coefficient (Wildman–Crippen LogP) is 5.26. The smallest absolute Gasteiger partial charge is 0.262 e. The summed E-state index contributed by atoms with van der Waals surface area (Å²) >= 11 is 3.54. The monoisotopic (exact) mass is 581 g/mol. The number of aryl methyl sites for hydroxylation is 1. The largest absolute Gasteiger partial charge is 0.497 e. The average molecular weight is 582 g/mol. The molecular formula is C29H32BrN3O5. The second-order valence-corrected chi connectivity index (χ2v) is 9.82. The average Bonchev–Trinajstić information content (AvgIpc) is 2.91. The first-order valence-corrected chi connectivity index (χ1v) is 12.8. The predicted molar refractivity (Wildman–Crippen MR) is 151 cm³/mol. The zero-order chi connectivity index (χ0) is 27.7. The second kappa shape index (κ2) is 13.6. The maximum Gasteiger partial charge on any atom is 0.262 e. The summed E-state index contributed by atoms with van der Waals surface area (Å²) in [5.74, 6) is 0.777. The molecule has 1 unspecified atom stereocenters. The van der Waals surface area contributed by atoms with Gasteiger partial charge in [-0.2, -0.15) is 5.10 Å². The van der Waals surface area contributed by atoms with E-state index in [0.717, 1.165) is 5.56 Å². The molecule has 0 aliphatic heterocycles. The van der Waals surface area contributed by atoms with Crippen LogP contribution >= 0.6 is 15.9 Å². The third kappa shape index (κ3) is 7.82. The van der Waals surface area contributed by atoms with Crippen LogP contribution in [0.2, 0.25) is 0 Å². The Balaban J connectivity index is 1.64. The Bertz CT molecular complexity index is 1270. The molecule has 2 amide bonds. The summed E-state index contributed by atoms with van der Waals surface area (Å²) in [5, 5.41) is 6.86. The fourth-order valence-electron chi connectivity index (χ4n) is 3.54. The summed E-state index contributed by atoms with van der Waals surface area (Å²) in [5.41, 5.74) is 5.85. The number of halogens is 1. The van der Waals surface area contributed by atoms with Crippen LogP contribution in [0.25, 0.3) is 0 Å². The Hall–Kier alpha value is -3.85. The van der Waals surface area contributed by atoms with Crippen LogP contribution in [-0.2, 0) is 11.4 Å². The van der Waals surface area contributed by atoms with Crippen molar-refractivity contribution in [2.75, 3.05) is 14.2 Å². The van der Waals surface area contributed by atoms with Crippen LogP contribution in [0.1, 0.15) is 40.9 Å². The molecule has 0 aliphatic rings. The van der Waals surface area contributed by atoms with Gasteiger partial charge in [-0.05, 0) is 76.3 Å². The van der Waals surface area contributed by atoms with E-state index in [1.165, 1.54) is 11.8 Å². The van der Waals surface area contributed by atoms with E-state index in [2.05, 4.69) is 31.8 Å². The van der Waals surface area contributed by atoms with Gasteiger partial charge < -0.3 is 19.5 Å². The molecule has 8 nitrogen and oxygen atoms in total. The number of nitrogens with zero attached hydrogens (tertiary/aromatic N) is 1. The molecule has 0 spiro atoms. The van der Waals surface area contributed by atoms with Gasteiger partial charge in [-0.15, -0.1) is 0 Å². The first-order chi connectivity index (χ1) is 18.2. The molecule has 0 aromatic heterocycles. The molecule has 0 saturated carbocycles. The van der Waals surface area contributed by atoms with Gasteiger partial charge in [-0.1, -0.05) is 43.7 Å². The van der Waals surface area contributed by atoms with Crippen molar-refractivity contribution in [1.82, 2.24) is 10.7 Å². The Labute approximate surface area is 231 Å². The number of hydrogen-bond donors (Lipinski definition) is 2. The van der Waals surface area contributed by atoms with Crippen molar-refractivity contribution < 1.29 is 23.8 Å². The van der Waals surface area contributed by atoms with E-state index >= 15 is 0 Å². The van der Waals surface area contributed by atoms with Gasteiger partial charge in [0.2, 0.25) is 0 Å². The molecule has 1 atom stereocenters. The first-order valence-electron chi connectivity index (χ1n) is 12.1. The number of hydrogen-bond acceptors (Lipinski definition) is 6. The lowest BCUT2D eigenvalue weighted by molar-refractivity contribution is -0.123. The molecule has 0 saturated heterocycles. The molecule has 3 rings (SSSR count). The Morgan fingerprint density at radius 1 is 1.00 bits per heavy atom. The van der Waals surface area contributed by atoms with Gasteiger partial charge in [-0.3, -0.25) is 9.59 Å². The summed E-state index contributed by atoms with van der Waals surface area (Å²) in [7, 11) is 3.11. The van der Waals surface area contributed by atoms with Crippen LogP contribution < -0.4 is 25.0 Å². The number of hydrazone groups is 1. The van der Waals surface area contributed by atoms with Crippen molar-refractivity contribution in [1.29, 1.82) is 0 Å². The van der Waals surface area contributed by atoms with Crippen molar-refractivity contribution in [2.24, 2.45) is 11.0 Å². The minimum Gasteiger partial charge on any atom is -0.497 e. The van der Waals surface area contributed by atoms with Gasteiger partial charge in [0.15, 0.2) is 11.5 Å². The summed E-state index contributed by atoms with van der Waals surface area (Å²) in [6.45, 7) is 6.12. The fraction of sp³-hybridized carbons (Fsp3) is 0.276. The van der Waals surface area contributed by atoms with Crippen LogP contribution in [-0.4, -0.2) is 38.3 Å². The highest BCUT2D eigenvalue weighted by Gasteiger charge is 2.24. The van der Waals surface area contributed by atoms with Crippen molar-refractivity contribution in [3.8, 4) is 17.2 Å². The molecule has 0 fully saturated rings. The van der Waals surface area contributed by atoms with Gasteiger partial charge in [0.05, 0.1) is 24.9 Å². The van der Waals surface area contributed by atoms with E-state index in [-0.39, 0.29) is 11.8 Å². The Morgan fingerprint density at radius 2 is 1.68 bits per heavy atom. The number of benzene rings is 3. The Kier molecular flexibility index (Phi) is 10.3. The molecule has 200 valence electrons. The quantitative estimate of drug-likeness (QED) is 0.238.